The molecule has 0 saturated carbocycles. The van der Waals surface area contributed by atoms with Crippen molar-refractivity contribution in [2.24, 2.45) is 0 Å². The van der Waals surface area contributed by atoms with Crippen LogP contribution in [0, 0.1) is 0 Å². The van der Waals surface area contributed by atoms with Crippen molar-refractivity contribution in [1.82, 2.24) is 0 Å². The number of unbranched alkanes of at least 4 members (excludes halogenated alkanes) is 1. The first-order valence-electron chi connectivity index (χ1n) is 7.76. The Labute approximate surface area is 138 Å². The fourth-order valence-corrected chi connectivity index (χ4v) is 5.66. The molecular formula is C15H24N2O4S2. The Morgan fingerprint density at radius 3 is 2.43 bits per heavy atom. The summed E-state index contributed by atoms with van der Waals surface area (Å²) in [6.45, 7) is 1.95. The average Bonchev–Trinajstić information content (AvgIpc) is 2.85. The van der Waals surface area contributed by atoms with Crippen molar-refractivity contribution in [1.29, 1.82) is 0 Å². The third-order valence-corrected chi connectivity index (χ3v) is 7.19. The molecule has 1 aliphatic rings. The first-order valence-corrected chi connectivity index (χ1v) is 11.2. The highest BCUT2D eigenvalue weighted by molar-refractivity contribution is 7.92. The zero-order valence-electron chi connectivity index (χ0n) is 13.5. The van der Waals surface area contributed by atoms with Crippen molar-refractivity contribution in [3.05, 3.63) is 24.3 Å². The van der Waals surface area contributed by atoms with Gasteiger partial charge in [0.05, 0.1) is 17.3 Å². The quantitative estimate of drug-likeness (QED) is 0.802. The minimum atomic E-state index is -3.30. The Balaban J connectivity index is 2.02. The van der Waals surface area contributed by atoms with E-state index in [1.54, 1.807) is 12.1 Å². The standard InChI is InChI=1S/C15H24N2O4S2/c1-3-4-10-23(20,21)16-13-5-7-14(8-6-13)17(2)15-9-11-22(18,19)12-15/h5-8,15-16H,3-4,9-12H2,1-2H3. The van der Waals surface area contributed by atoms with Gasteiger partial charge in [-0.1, -0.05) is 13.3 Å². The predicted molar refractivity (Wildman–Crippen MR) is 94.2 cm³/mol. The van der Waals surface area contributed by atoms with E-state index in [1.165, 1.54) is 0 Å². The normalized spacial score (nSPS) is 20.3. The van der Waals surface area contributed by atoms with Crippen molar-refractivity contribution < 1.29 is 16.8 Å². The second kappa shape index (κ2) is 7.09. The second-order valence-corrected chi connectivity index (χ2v) is 10.1. The highest BCUT2D eigenvalue weighted by atomic mass is 32.2. The number of nitrogens with one attached hydrogen (secondary N) is 1. The predicted octanol–water partition coefficient (Wildman–Crippen LogP) is 1.85. The van der Waals surface area contributed by atoms with Gasteiger partial charge in [-0.2, -0.15) is 0 Å². The molecular weight excluding hydrogens is 336 g/mol. The molecule has 130 valence electrons. The Morgan fingerprint density at radius 2 is 1.91 bits per heavy atom. The topological polar surface area (TPSA) is 83.6 Å². The van der Waals surface area contributed by atoms with Crippen LogP contribution >= 0.6 is 0 Å². The minimum Gasteiger partial charge on any atom is -0.371 e. The summed E-state index contributed by atoms with van der Waals surface area (Å²) in [5.74, 6) is 0.525. The number of hydrogen-bond acceptors (Lipinski definition) is 5. The number of rotatable bonds is 7. The summed E-state index contributed by atoms with van der Waals surface area (Å²) in [5, 5.41) is 0. The van der Waals surface area contributed by atoms with Crippen LogP contribution in [-0.2, 0) is 19.9 Å². The number of hydrogen-bond donors (Lipinski definition) is 1. The number of anilines is 2. The lowest BCUT2D eigenvalue weighted by atomic mass is 10.2. The number of sulfone groups is 1. The molecule has 1 unspecified atom stereocenters. The van der Waals surface area contributed by atoms with E-state index in [2.05, 4.69) is 4.72 Å². The van der Waals surface area contributed by atoms with Gasteiger partial charge in [-0.25, -0.2) is 16.8 Å². The average molecular weight is 361 g/mol. The lowest BCUT2D eigenvalue weighted by molar-refractivity contribution is 0.597. The summed E-state index contributed by atoms with van der Waals surface area (Å²) >= 11 is 0. The Kier molecular flexibility index (Phi) is 5.57. The third kappa shape index (κ3) is 5.10. The van der Waals surface area contributed by atoms with Gasteiger partial charge in [-0.05, 0) is 37.1 Å². The van der Waals surface area contributed by atoms with E-state index >= 15 is 0 Å². The van der Waals surface area contributed by atoms with Crippen molar-refractivity contribution in [3.63, 3.8) is 0 Å². The van der Waals surface area contributed by atoms with Gasteiger partial charge in [0.15, 0.2) is 9.84 Å². The summed E-state index contributed by atoms with van der Waals surface area (Å²) in [4.78, 5) is 1.94. The number of benzene rings is 1. The van der Waals surface area contributed by atoms with Gasteiger partial charge in [0.2, 0.25) is 10.0 Å². The Morgan fingerprint density at radius 1 is 1.26 bits per heavy atom. The molecule has 23 heavy (non-hydrogen) atoms. The van der Waals surface area contributed by atoms with Crippen molar-refractivity contribution >= 4 is 31.2 Å². The molecule has 1 heterocycles. The summed E-state index contributed by atoms with van der Waals surface area (Å²) in [6, 6.07) is 7.01. The maximum absolute atomic E-state index is 11.9. The van der Waals surface area contributed by atoms with Crippen molar-refractivity contribution in [2.75, 3.05) is 33.9 Å². The van der Waals surface area contributed by atoms with Crippen LogP contribution < -0.4 is 9.62 Å². The molecule has 1 fully saturated rings. The molecule has 1 N–H and O–H groups in total. The molecule has 0 aromatic heterocycles. The molecule has 0 aliphatic carbocycles. The first-order chi connectivity index (χ1) is 10.7. The van der Waals surface area contributed by atoms with Gasteiger partial charge in [0, 0.05) is 24.5 Å². The minimum absolute atomic E-state index is 0.0212. The van der Waals surface area contributed by atoms with E-state index in [1.807, 2.05) is 31.0 Å². The van der Waals surface area contributed by atoms with Gasteiger partial charge in [-0.15, -0.1) is 0 Å². The molecule has 1 atom stereocenters. The molecule has 0 spiro atoms. The first kappa shape index (κ1) is 18.1. The molecule has 1 aromatic carbocycles. The molecule has 2 rings (SSSR count). The van der Waals surface area contributed by atoms with E-state index in [9.17, 15) is 16.8 Å². The van der Waals surface area contributed by atoms with Crippen LogP contribution in [0.3, 0.4) is 0 Å². The van der Waals surface area contributed by atoms with Crippen LogP contribution in [0.15, 0.2) is 24.3 Å². The molecule has 0 amide bonds. The molecule has 0 bridgehead atoms. The van der Waals surface area contributed by atoms with Crippen LogP contribution in [-0.4, -0.2) is 47.2 Å². The zero-order chi connectivity index (χ0) is 17.1. The molecule has 6 nitrogen and oxygen atoms in total. The van der Waals surface area contributed by atoms with Crippen molar-refractivity contribution in [2.45, 2.75) is 32.2 Å². The SMILES string of the molecule is CCCCS(=O)(=O)Nc1ccc(N(C)C2CCS(=O)(=O)C2)cc1. The highest BCUT2D eigenvalue weighted by Crippen LogP contribution is 2.24. The van der Waals surface area contributed by atoms with Gasteiger partial charge < -0.3 is 4.90 Å². The lowest BCUT2D eigenvalue weighted by Gasteiger charge is -2.25. The largest absolute Gasteiger partial charge is 0.371 e. The number of nitrogens with zero attached hydrogens (tertiary/aromatic N) is 1. The number of sulfonamides is 1. The second-order valence-electron chi connectivity index (χ2n) is 5.99. The molecule has 8 heteroatoms. The Bertz CT molecular complexity index is 727. The molecule has 1 aromatic rings. The van der Waals surface area contributed by atoms with Gasteiger partial charge in [0.25, 0.3) is 0 Å². The summed E-state index contributed by atoms with van der Waals surface area (Å²) < 4.78 is 49.4. The molecule has 0 radical (unpaired) electrons. The zero-order valence-corrected chi connectivity index (χ0v) is 15.2. The third-order valence-electron chi connectivity index (χ3n) is 4.07. The van der Waals surface area contributed by atoms with Gasteiger partial charge in [-0.3, -0.25) is 4.72 Å². The van der Waals surface area contributed by atoms with E-state index in [4.69, 9.17) is 0 Å². The van der Waals surface area contributed by atoms with Crippen LogP contribution in [0.4, 0.5) is 11.4 Å². The van der Waals surface area contributed by atoms with Crippen LogP contribution in [0.25, 0.3) is 0 Å². The van der Waals surface area contributed by atoms with Gasteiger partial charge >= 0.3 is 0 Å². The lowest BCUT2D eigenvalue weighted by Crippen LogP contribution is -2.32. The smallest absolute Gasteiger partial charge is 0.232 e. The Hall–Kier alpha value is -1.28. The summed E-state index contributed by atoms with van der Waals surface area (Å²) in [6.07, 6.45) is 2.09. The maximum Gasteiger partial charge on any atom is 0.232 e. The van der Waals surface area contributed by atoms with Crippen molar-refractivity contribution in [3.8, 4) is 0 Å². The van der Waals surface area contributed by atoms with Crippen LogP contribution in [0.5, 0.6) is 0 Å². The molecule has 1 aliphatic heterocycles. The van der Waals surface area contributed by atoms with E-state index in [0.29, 0.717) is 18.5 Å². The summed E-state index contributed by atoms with van der Waals surface area (Å²) in [7, 11) is -4.36. The fourth-order valence-electron chi connectivity index (χ4n) is 2.62. The summed E-state index contributed by atoms with van der Waals surface area (Å²) in [5.41, 5.74) is 1.40. The van der Waals surface area contributed by atoms with Crippen LogP contribution in [0.2, 0.25) is 0 Å². The van der Waals surface area contributed by atoms with E-state index in [0.717, 1.165) is 12.1 Å². The fraction of sp³-hybridized carbons (Fsp3) is 0.600. The van der Waals surface area contributed by atoms with E-state index in [-0.39, 0.29) is 23.3 Å². The van der Waals surface area contributed by atoms with Crippen LogP contribution in [0.1, 0.15) is 26.2 Å². The maximum atomic E-state index is 11.9. The molecule has 1 saturated heterocycles. The highest BCUT2D eigenvalue weighted by Gasteiger charge is 2.30. The van der Waals surface area contributed by atoms with E-state index < -0.39 is 19.9 Å². The van der Waals surface area contributed by atoms with Gasteiger partial charge in [0.1, 0.15) is 0 Å². The monoisotopic (exact) mass is 360 g/mol.